The summed E-state index contributed by atoms with van der Waals surface area (Å²) in [5, 5.41) is 0. The maximum atomic E-state index is 11.9. The molecule has 0 bridgehead atoms. The summed E-state index contributed by atoms with van der Waals surface area (Å²) in [6.07, 6.45) is -9.13. The molecule has 0 fully saturated rings. The van der Waals surface area contributed by atoms with E-state index in [0.717, 1.165) is 0 Å². The third-order valence-corrected chi connectivity index (χ3v) is 1.13. The highest BCUT2D eigenvalue weighted by atomic mass is 19.4. The normalized spacial score (nSPS) is 16.5. The van der Waals surface area contributed by atoms with E-state index in [1.165, 1.54) is 0 Å². The van der Waals surface area contributed by atoms with Crippen LogP contribution < -0.4 is 0 Å². The van der Waals surface area contributed by atoms with Gasteiger partial charge in [-0.3, -0.25) is 4.39 Å². The summed E-state index contributed by atoms with van der Waals surface area (Å²) < 4.78 is 81.0. The van der Waals surface area contributed by atoms with Crippen LogP contribution in [-0.4, -0.2) is 19.3 Å². The van der Waals surface area contributed by atoms with Crippen molar-refractivity contribution >= 4 is 0 Å². The second-order valence-corrected chi connectivity index (χ2v) is 2.16. The van der Waals surface area contributed by atoms with Gasteiger partial charge in [0, 0.05) is 0 Å². The molecule has 0 aromatic carbocycles. The maximum Gasteiger partial charge on any atom is 0.442 e. The Morgan fingerprint density at radius 2 is 1.69 bits per heavy atom. The van der Waals surface area contributed by atoms with E-state index in [4.69, 9.17) is 0 Å². The summed E-state index contributed by atoms with van der Waals surface area (Å²) >= 11 is 0. The van der Waals surface area contributed by atoms with Crippen molar-refractivity contribution in [3.05, 3.63) is 11.9 Å². The molecule has 0 aromatic heterocycles. The van der Waals surface area contributed by atoms with Gasteiger partial charge in [-0.25, -0.2) is 13.2 Å². The lowest BCUT2D eigenvalue weighted by atomic mass is 10.1. The molecule has 0 rings (SSSR count). The molecule has 0 N–H and O–H groups in total. The van der Waals surface area contributed by atoms with E-state index in [-0.39, 0.29) is 0 Å². The number of alkyl halides is 6. The SMILES string of the molecule is FCC(/C=C(\F)C(F)(F)F)C(F)F. The average molecular weight is 210 g/mol. The molecule has 1 atom stereocenters. The van der Waals surface area contributed by atoms with Crippen molar-refractivity contribution in [2.75, 3.05) is 6.67 Å². The summed E-state index contributed by atoms with van der Waals surface area (Å²) in [5.74, 6) is -5.04. The van der Waals surface area contributed by atoms with Crippen LogP contribution in [0.25, 0.3) is 0 Å². The van der Waals surface area contributed by atoms with E-state index >= 15 is 0 Å². The van der Waals surface area contributed by atoms with Gasteiger partial charge in [0.25, 0.3) is 0 Å². The van der Waals surface area contributed by atoms with Crippen molar-refractivity contribution in [3.8, 4) is 0 Å². The minimum Gasteiger partial charge on any atom is -0.250 e. The van der Waals surface area contributed by atoms with Crippen molar-refractivity contribution in [1.82, 2.24) is 0 Å². The molecule has 0 radical (unpaired) electrons. The molecule has 78 valence electrons. The van der Waals surface area contributed by atoms with Crippen LogP contribution in [0.1, 0.15) is 0 Å². The van der Waals surface area contributed by atoms with Crippen LogP contribution in [0.5, 0.6) is 0 Å². The number of halogens is 7. The van der Waals surface area contributed by atoms with Crippen LogP contribution in [0.3, 0.4) is 0 Å². The maximum absolute atomic E-state index is 11.9. The zero-order valence-electron chi connectivity index (χ0n) is 6.08. The Balaban J connectivity index is 4.52. The quantitative estimate of drug-likeness (QED) is 0.627. The van der Waals surface area contributed by atoms with Crippen LogP contribution in [0.2, 0.25) is 0 Å². The second kappa shape index (κ2) is 4.48. The first-order valence-electron chi connectivity index (χ1n) is 3.07. The van der Waals surface area contributed by atoms with Crippen LogP contribution >= 0.6 is 0 Å². The van der Waals surface area contributed by atoms with Crippen molar-refractivity contribution in [2.45, 2.75) is 12.6 Å². The van der Waals surface area contributed by atoms with E-state index < -0.39 is 37.1 Å². The lowest BCUT2D eigenvalue weighted by Gasteiger charge is -2.08. The average Bonchev–Trinajstić information content (AvgIpc) is 1.96. The molecule has 0 nitrogen and oxygen atoms in total. The molecule has 0 spiro atoms. The molecule has 0 aliphatic heterocycles. The topological polar surface area (TPSA) is 0 Å². The molecule has 0 heterocycles. The van der Waals surface area contributed by atoms with Gasteiger partial charge < -0.3 is 0 Å². The predicted molar refractivity (Wildman–Crippen MR) is 30.7 cm³/mol. The van der Waals surface area contributed by atoms with Gasteiger partial charge in [0.2, 0.25) is 12.3 Å². The molecule has 0 aromatic rings. The minimum atomic E-state index is -5.33. The number of hydrogen-bond donors (Lipinski definition) is 0. The van der Waals surface area contributed by atoms with E-state index in [1.54, 1.807) is 0 Å². The van der Waals surface area contributed by atoms with Gasteiger partial charge in [-0.1, -0.05) is 0 Å². The number of hydrogen-bond acceptors (Lipinski definition) is 0. The fourth-order valence-electron chi connectivity index (χ4n) is 0.467. The molecule has 0 aliphatic carbocycles. The highest BCUT2D eigenvalue weighted by Gasteiger charge is 2.36. The van der Waals surface area contributed by atoms with E-state index in [1.807, 2.05) is 0 Å². The molecule has 0 saturated carbocycles. The lowest BCUT2D eigenvalue weighted by molar-refractivity contribution is -0.109. The molecular formula is C6H5F7. The Labute approximate surface area is 69.0 Å². The fourth-order valence-corrected chi connectivity index (χ4v) is 0.467. The first-order valence-corrected chi connectivity index (χ1v) is 3.07. The highest BCUT2D eigenvalue weighted by molar-refractivity contribution is 5.02. The molecule has 0 amide bonds. The van der Waals surface area contributed by atoms with Gasteiger partial charge in [-0.05, 0) is 6.08 Å². The van der Waals surface area contributed by atoms with Gasteiger partial charge in [0.15, 0.2) is 0 Å². The predicted octanol–water partition coefficient (Wildman–Crippen LogP) is 3.25. The van der Waals surface area contributed by atoms with Crippen molar-refractivity contribution < 1.29 is 30.7 Å². The zero-order valence-corrected chi connectivity index (χ0v) is 6.08. The number of allylic oxidation sites excluding steroid dienone is 2. The van der Waals surface area contributed by atoms with Gasteiger partial charge in [-0.15, -0.1) is 0 Å². The molecule has 13 heavy (non-hydrogen) atoms. The van der Waals surface area contributed by atoms with Crippen molar-refractivity contribution in [1.29, 1.82) is 0 Å². The van der Waals surface area contributed by atoms with Gasteiger partial charge in [-0.2, -0.15) is 13.2 Å². The molecular weight excluding hydrogens is 205 g/mol. The molecule has 0 aliphatic rings. The first kappa shape index (κ1) is 12.2. The Kier molecular flexibility index (Phi) is 4.22. The van der Waals surface area contributed by atoms with E-state index in [2.05, 4.69) is 0 Å². The minimum absolute atomic E-state index is 0.454. The van der Waals surface area contributed by atoms with Crippen LogP contribution in [0, 0.1) is 5.92 Å². The van der Waals surface area contributed by atoms with E-state index in [0.29, 0.717) is 0 Å². The summed E-state index contributed by atoms with van der Waals surface area (Å²) in [5.41, 5.74) is 0. The fraction of sp³-hybridized carbons (Fsp3) is 0.667. The third-order valence-electron chi connectivity index (χ3n) is 1.13. The molecule has 7 heteroatoms. The molecule has 0 saturated heterocycles. The van der Waals surface area contributed by atoms with Crippen LogP contribution in [0.4, 0.5) is 30.7 Å². The lowest BCUT2D eigenvalue weighted by Crippen LogP contribution is -2.15. The van der Waals surface area contributed by atoms with Crippen LogP contribution in [-0.2, 0) is 0 Å². The van der Waals surface area contributed by atoms with Crippen LogP contribution in [0.15, 0.2) is 11.9 Å². The Morgan fingerprint density at radius 3 is 1.92 bits per heavy atom. The largest absolute Gasteiger partial charge is 0.442 e. The van der Waals surface area contributed by atoms with Gasteiger partial charge >= 0.3 is 6.18 Å². The zero-order chi connectivity index (χ0) is 10.6. The summed E-state index contributed by atoms with van der Waals surface area (Å²) in [6.45, 7) is -1.73. The van der Waals surface area contributed by atoms with Gasteiger partial charge in [0.1, 0.15) is 6.67 Å². The standard InChI is InChI=1S/C6H5F7/c7-2-3(5(9)10)1-4(8)6(11,12)13/h1,3,5H,2H2/b4-1-. The Morgan fingerprint density at radius 1 is 1.23 bits per heavy atom. The Bertz CT molecular complexity index is 180. The van der Waals surface area contributed by atoms with Gasteiger partial charge in [0.05, 0.1) is 5.92 Å². The summed E-state index contributed by atoms with van der Waals surface area (Å²) in [4.78, 5) is 0. The monoisotopic (exact) mass is 210 g/mol. The summed E-state index contributed by atoms with van der Waals surface area (Å²) in [6, 6.07) is 0. The second-order valence-electron chi connectivity index (χ2n) is 2.16. The highest BCUT2D eigenvalue weighted by Crippen LogP contribution is 2.28. The first-order chi connectivity index (χ1) is 5.79. The smallest absolute Gasteiger partial charge is 0.250 e. The summed E-state index contributed by atoms with van der Waals surface area (Å²) in [7, 11) is 0. The third kappa shape index (κ3) is 4.14. The van der Waals surface area contributed by atoms with Crippen molar-refractivity contribution in [2.24, 2.45) is 5.92 Å². The van der Waals surface area contributed by atoms with Crippen molar-refractivity contribution in [3.63, 3.8) is 0 Å². The number of rotatable bonds is 3. The Hall–Kier alpha value is -0.750. The molecule has 1 unspecified atom stereocenters. The van der Waals surface area contributed by atoms with E-state index in [9.17, 15) is 30.7 Å².